The summed E-state index contributed by atoms with van der Waals surface area (Å²) in [5.74, 6) is 0.633. The number of nitrogens with one attached hydrogen (secondary N) is 1. The van der Waals surface area contributed by atoms with Crippen molar-refractivity contribution in [2.75, 3.05) is 31.1 Å². The Balaban J connectivity index is 1.63. The molecule has 1 saturated heterocycles. The summed E-state index contributed by atoms with van der Waals surface area (Å²) in [6.45, 7) is 4.04. The second kappa shape index (κ2) is 7.29. The Labute approximate surface area is 155 Å². The molecule has 126 valence electrons. The Morgan fingerprint density at radius 3 is 2.44 bits per heavy atom. The number of pyridine rings is 1. The Morgan fingerprint density at radius 1 is 0.920 bits per heavy atom. The zero-order valence-corrected chi connectivity index (χ0v) is 15.3. The van der Waals surface area contributed by atoms with Crippen LogP contribution in [0.2, 0.25) is 0 Å². The van der Waals surface area contributed by atoms with Crippen LogP contribution >= 0.6 is 15.9 Å². The zero-order chi connectivity index (χ0) is 17.1. The Morgan fingerprint density at radius 2 is 1.72 bits per heavy atom. The molecular formula is C19H18BrN5. The van der Waals surface area contributed by atoms with Gasteiger partial charge < -0.3 is 10.2 Å². The fraction of sp³-hybridized carbons (Fsp3) is 0.211. The van der Waals surface area contributed by atoms with Crippen molar-refractivity contribution in [3.63, 3.8) is 0 Å². The number of benzene rings is 1. The highest BCUT2D eigenvalue weighted by atomic mass is 79.9. The first-order valence-corrected chi connectivity index (χ1v) is 9.10. The molecule has 25 heavy (non-hydrogen) atoms. The summed E-state index contributed by atoms with van der Waals surface area (Å²) in [5, 5.41) is 3.36. The van der Waals surface area contributed by atoms with Crippen LogP contribution in [-0.2, 0) is 0 Å². The monoisotopic (exact) mass is 395 g/mol. The van der Waals surface area contributed by atoms with Gasteiger partial charge in [-0.25, -0.2) is 9.97 Å². The number of halogens is 1. The van der Waals surface area contributed by atoms with Crippen molar-refractivity contribution in [2.45, 2.75) is 0 Å². The standard InChI is InChI=1S/C19H18BrN5/c20-16-13-23-19(24-18(16)14-4-2-1-3-5-14)17-7-6-15(12-22-17)25-10-8-21-9-11-25/h1-7,12-13,21H,8-11H2. The van der Waals surface area contributed by atoms with E-state index in [2.05, 4.69) is 42.2 Å². The van der Waals surface area contributed by atoms with Crippen molar-refractivity contribution in [3.8, 4) is 22.8 Å². The molecule has 6 heteroatoms. The molecule has 1 aromatic carbocycles. The molecule has 5 nitrogen and oxygen atoms in total. The third kappa shape index (κ3) is 3.55. The van der Waals surface area contributed by atoms with Crippen LogP contribution in [0.25, 0.3) is 22.8 Å². The number of aromatic nitrogens is 3. The third-order valence-electron chi connectivity index (χ3n) is 4.25. The summed E-state index contributed by atoms with van der Waals surface area (Å²) in [6.07, 6.45) is 3.70. The predicted molar refractivity (Wildman–Crippen MR) is 103 cm³/mol. The van der Waals surface area contributed by atoms with Gasteiger partial charge in [0.25, 0.3) is 0 Å². The third-order valence-corrected chi connectivity index (χ3v) is 4.83. The second-order valence-electron chi connectivity index (χ2n) is 5.89. The summed E-state index contributed by atoms with van der Waals surface area (Å²) >= 11 is 3.55. The lowest BCUT2D eigenvalue weighted by atomic mass is 10.1. The zero-order valence-electron chi connectivity index (χ0n) is 13.7. The quantitative estimate of drug-likeness (QED) is 0.736. The SMILES string of the molecule is Brc1cnc(-c2ccc(N3CCNCC3)cn2)nc1-c1ccccc1. The lowest BCUT2D eigenvalue weighted by Crippen LogP contribution is -2.43. The highest BCUT2D eigenvalue weighted by Crippen LogP contribution is 2.27. The molecule has 0 saturated carbocycles. The maximum atomic E-state index is 4.71. The van der Waals surface area contributed by atoms with Gasteiger partial charge in [0.2, 0.25) is 0 Å². The van der Waals surface area contributed by atoms with Crippen LogP contribution in [0, 0.1) is 0 Å². The van der Waals surface area contributed by atoms with Gasteiger partial charge in [-0.3, -0.25) is 4.98 Å². The molecule has 3 heterocycles. The van der Waals surface area contributed by atoms with Gasteiger partial charge in [0.1, 0.15) is 5.69 Å². The highest BCUT2D eigenvalue weighted by Gasteiger charge is 2.13. The molecule has 1 fully saturated rings. The van der Waals surface area contributed by atoms with Crippen LogP contribution in [0.3, 0.4) is 0 Å². The molecule has 3 aromatic rings. The number of rotatable bonds is 3. The fourth-order valence-electron chi connectivity index (χ4n) is 2.92. The van der Waals surface area contributed by atoms with E-state index in [9.17, 15) is 0 Å². The van der Waals surface area contributed by atoms with E-state index in [-0.39, 0.29) is 0 Å². The highest BCUT2D eigenvalue weighted by molar-refractivity contribution is 9.10. The summed E-state index contributed by atoms with van der Waals surface area (Å²) in [4.78, 5) is 16.1. The smallest absolute Gasteiger partial charge is 0.178 e. The summed E-state index contributed by atoms with van der Waals surface area (Å²) < 4.78 is 0.875. The van der Waals surface area contributed by atoms with E-state index in [0.717, 1.165) is 53.3 Å². The van der Waals surface area contributed by atoms with Crippen LogP contribution in [0.1, 0.15) is 0 Å². The minimum Gasteiger partial charge on any atom is -0.368 e. The van der Waals surface area contributed by atoms with Gasteiger partial charge in [-0.05, 0) is 28.1 Å². The maximum Gasteiger partial charge on any atom is 0.178 e. The van der Waals surface area contributed by atoms with Crippen molar-refractivity contribution in [2.24, 2.45) is 0 Å². The second-order valence-corrected chi connectivity index (χ2v) is 6.75. The van der Waals surface area contributed by atoms with Crippen LogP contribution in [0.4, 0.5) is 5.69 Å². The van der Waals surface area contributed by atoms with E-state index < -0.39 is 0 Å². The molecular weight excluding hydrogens is 378 g/mol. The van der Waals surface area contributed by atoms with E-state index in [1.54, 1.807) is 6.20 Å². The molecule has 1 N–H and O–H groups in total. The number of anilines is 1. The fourth-order valence-corrected chi connectivity index (χ4v) is 3.34. The van der Waals surface area contributed by atoms with Gasteiger partial charge in [0.05, 0.1) is 22.1 Å². The Hall–Kier alpha value is -2.31. The topological polar surface area (TPSA) is 53.9 Å². The van der Waals surface area contributed by atoms with Crippen molar-refractivity contribution in [1.29, 1.82) is 0 Å². The van der Waals surface area contributed by atoms with Crippen molar-refractivity contribution >= 4 is 21.6 Å². The normalized spacial score (nSPS) is 14.5. The Bertz CT molecular complexity index is 845. The number of nitrogens with zero attached hydrogens (tertiary/aromatic N) is 4. The number of hydrogen-bond donors (Lipinski definition) is 1. The van der Waals surface area contributed by atoms with Crippen molar-refractivity contribution < 1.29 is 0 Å². The molecule has 0 bridgehead atoms. The summed E-state index contributed by atoms with van der Waals surface area (Å²) in [5.41, 5.74) is 3.85. The lowest BCUT2D eigenvalue weighted by molar-refractivity contribution is 0.589. The molecule has 0 spiro atoms. The maximum absolute atomic E-state index is 4.71. The van der Waals surface area contributed by atoms with E-state index in [1.807, 2.05) is 42.6 Å². The van der Waals surface area contributed by atoms with Gasteiger partial charge in [-0.2, -0.15) is 0 Å². The molecule has 0 radical (unpaired) electrons. The predicted octanol–water partition coefficient (Wildman–Crippen LogP) is 3.38. The van der Waals surface area contributed by atoms with Crippen molar-refractivity contribution in [1.82, 2.24) is 20.3 Å². The molecule has 0 unspecified atom stereocenters. The van der Waals surface area contributed by atoms with Gasteiger partial charge in [0, 0.05) is 37.9 Å². The van der Waals surface area contributed by atoms with E-state index in [4.69, 9.17) is 4.98 Å². The van der Waals surface area contributed by atoms with Crippen molar-refractivity contribution in [3.05, 3.63) is 59.3 Å². The summed E-state index contributed by atoms with van der Waals surface area (Å²) in [7, 11) is 0. The minimum absolute atomic E-state index is 0.633. The largest absolute Gasteiger partial charge is 0.368 e. The number of piperazine rings is 1. The lowest BCUT2D eigenvalue weighted by Gasteiger charge is -2.29. The van der Waals surface area contributed by atoms with Gasteiger partial charge >= 0.3 is 0 Å². The molecule has 1 aliphatic rings. The van der Waals surface area contributed by atoms with E-state index in [0.29, 0.717) is 5.82 Å². The first-order chi connectivity index (χ1) is 12.3. The van der Waals surface area contributed by atoms with Gasteiger partial charge in [-0.1, -0.05) is 30.3 Å². The van der Waals surface area contributed by atoms with Crippen LogP contribution in [-0.4, -0.2) is 41.1 Å². The molecule has 2 aromatic heterocycles. The average molecular weight is 396 g/mol. The number of hydrogen-bond acceptors (Lipinski definition) is 5. The van der Waals surface area contributed by atoms with E-state index >= 15 is 0 Å². The van der Waals surface area contributed by atoms with Crippen LogP contribution in [0.15, 0.2) is 59.3 Å². The molecule has 0 amide bonds. The van der Waals surface area contributed by atoms with Gasteiger partial charge in [-0.15, -0.1) is 0 Å². The van der Waals surface area contributed by atoms with Gasteiger partial charge in [0.15, 0.2) is 5.82 Å². The molecule has 4 rings (SSSR count). The molecule has 0 aliphatic carbocycles. The van der Waals surface area contributed by atoms with Crippen LogP contribution < -0.4 is 10.2 Å². The average Bonchev–Trinajstić information content (AvgIpc) is 2.70. The Kier molecular flexibility index (Phi) is 4.72. The minimum atomic E-state index is 0.633. The molecule has 1 aliphatic heterocycles. The first kappa shape index (κ1) is 16.2. The molecule has 0 atom stereocenters. The first-order valence-electron chi connectivity index (χ1n) is 8.31. The van der Waals surface area contributed by atoms with E-state index in [1.165, 1.54) is 0 Å². The van der Waals surface area contributed by atoms with Crippen LogP contribution in [0.5, 0.6) is 0 Å². The summed E-state index contributed by atoms with van der Waals surface area (Å²) in [6, 6.07) is 14.2.